The lowest BCUT2D eigenvalue weighted by molar-refractivity contribution is 0.401. The van der Waals surface area contributed by atoms with Crippen molar-refractivity contribution >= 4 is 28.4 Å². The fourth-order valence-corrected chi connectivity index (χ4v) is 3.13. The van der Waals surface area contributed by atoms with Gasteiger partial charge in [-0.25, -0.2) is 9.97 Å². The fraction of sp³-hybridized carbons (Fsp3) is 0.308. The maximum absolute atomic E-state index is 6.04. The first-order chi connectivity index (χ1) is 9.70. The third-order valence-corrected chi connectivity index (χ3v) is 4.08. The molecule has 0 spiro atoms. The molecule has 7 heteroatoms. The van der Waals surface area contributed by atoms with Crippen LogP contribution in [0.5, 0.6) is 5.88 Å². The summed E-state index contributed by atoms with van der Waals surface area (Å²) in [6.07, 6.45) is 2.36. The lowest BCUT2D eigenvalue weighted by Gasteiger charge is -2.14. The first kappa shape index (κ1) is 12.9. The van der Waals surface area contributed by atoms with E-state index in [2.05, 4.69) is 33.3 Å². The molecule has 1 atom stereocenters. The monoisotopic (exact) mass is 289 g/mol. The van der Waals surface area contributed by atoms with Crippen LogP contribution in [0.4, 0.5) is 5.95 Å². The number of fused-ring (bicyclic) bond motifs is 1. The van der Waals surface area contributed by atoms with Gasteiger partial charge in [-0.2, -0.15) is 4.98 Å². The first-order valence-electron chi connectivity index (χ1n) is 6.25. The predicted molar refractivity (Wildman–Crippen MR) is 79.0 cm³/mol. The zero-order valence-corrected chi connectivity index (χ0v) is 12.1. The Morgan fingerprint density at radius 3 is 3.00 bits per heavy atom. The molecule has 0 bridgehead atoms. The van der Waals surface area contributed by atoms with E-state index in [9.17, 15) is 0 Å². The molecule has 3 rings (SSSR count). The van der Waals surface area contributed by atoms with Gasteiger partial charge in [0.15, 0.2) is 11.2 Å². The SMILES string of the molecule is COc1ncnc2c1nc(N)n2C(C)Cc1cccs1. The first-order valence-corrected chi connectivity index (χ1v) is 7.13. The van der Waals surface area contributed by atoms with E-state index in [1.165, 1.54) is 11.2 Å². The second kappa shape index (κ2) is 5.09. The van der Waals surface area contributed by atoms with Gasteiger partial charge in [-0.1, -0.05) is 6.07 Å². The van der Waals surface area contributed by atoms with Gasteiger partial charge in [-0.15, -0.1) is 11.3 Å². The second-order valence-electron chi connectivity index (χ2n) is 4.53. The number of rotatable bonds is 4. The molecule has 0 aliphatic carbocycles. The van der Waals surface area contributed by atoms with Crippen LogP contribution >= 0.6 is 11.3 Å². The van der Waals surface area contributed by atoms with Crippen LogP contribution in [0.2, 0.25) is 0 Å². The van der Waals surface area contributed by atoms with Crippen LogP contribution in [0, 0.1) is 0 Å². The highest BCUT2D eigenvalue weighted by molar-refractivity contribution is 7.09. The number of imidazole rings is 1. The fourth-order valence-electron chi connectivity index (χ4n) is 2.30. The summed E-state index contributed by atoms with van der Waals surface area (Å²) < 4.78 is 7.13. The number of hydrogen-bond donors (Lipinski definition) is 1. The third-order valence-electron chi connectivity index (χ3n) is 3.18. The number of methoxy groups -OCH3 is 1. The molecule has 0 aromatic carbocycles. The highest BCUT2D eigenvalue weighted by Crippen LogP contribution is 2.28. The molecule has 3 aromatic heterocycles. The molecule has 20 heavy (non-hydrogen) atoms. The Hall–Kier alpha value is -2.15. The van der Waals surface area contributed by atoms with E-state index in [1.807, 2.05) is 10.6 Å². The molecule has 3 aromatic rings. The van der Waals surface area contributed by atoms with E-state index in [-0.39, 0.29) is 6.04 Å². The number of ether oxygens (including phenoxy) is 1. The Balaban J connectivity index is 2.04. The third kappa shape index (κ3) is 2.09. The summed E-state index contributed by atoms with van der Waals surface area (Å²) in [5.74, 6) is 0.881. The Labute approximate surface area is 120 Å². The molecule has 1 unspecified atom stereocenters. The maximum atomic E-state index is 6.04. The average molecular weight is 289 g/mol. The van der Waals surface area contributed by atoms with Crippen molar-refractivity contribution in [2.75, 3.05) is 12.8 Å². The van der Waals surface area contributed by atoms with Crippen molar-refractivity contribution in [3.8, 4) is 5.88 Å². The predicted octanol–water partition coefficient (Wildman–Crippen LogP) is 2.28. The van der Waals surface area contributed by atoms with Gasteiger partial charge in [-0.05, 0) is 18.4 Å². The molecule has 3 heterocycles. The Morgan fingerprint density at radius 1 is 1.45 bits per heavy atom. The highest BCUT2D eigenvalue weighted by Gasteiger charge is 2.19. The number of thiophene rings is 1. The molecule has 0 saturated heterocycles. The zero-order chi connectivity index (χ0) is 14.1. The number of aromatic nitrogens is 4. The molecule has 0 fully saturated rings. The summed E-state index contributed by atoms with van der Waals surface area (Å²) in [4.78, 5) is 14.0. The van der Waals surface area contributed by atoms with Crippen molar-refractivity contribution in [3.05, 3.63) is 28.7 Å². The number of anilines is 1. The van der Waals surface area contributed by atoms with Crippen LogP contribution in [0.15, 0.2) is 23.8 Å². The summed E-state index contributed by atoms with van der Waals surface area (Å²) in [5, 5.41) is 2.07. The number of nitrogens with zero attached hydrogens (tertiary/aromatic N) is 4. The van der Waals surface area contributed by atoms with Crippen molar-refractivity contribution in [2.45, 2.75) is 19.4 Å². The minimum absolute atomic E-state index is 0.165. The molecule has 0 aliphatic heterocycles. The van der Waals surface area contributed by atoms with Gasteiger partial charge in [0, 0.05) is 17.3 Å². The smallest absolute Gasteiger partial charge is 0.245 e. The van der Waals surface area contributed by atoms with Crippen molar-refractivity contribution in [3.63, 3.8) is 0 Å². The van der Waals surface area contributed by atoms with Crippen LogP contribution in [0.3, 0.4) is 0 Å². The van der Waals surface area contributed by atoms with Gasteiger partial charge in [0.2, 0.25) is 11.8 Å². The van der Waals surface area contributed by atoms with Gasteiger partial charge in [0.25, 0.3) is 0 Å². The normalized spacial score (nSPS) is 12.7. The molecule has 0 radical (unpaired) electrons. The Bertz CT molecular complexity index is 722. The van der Waals surface area contributed by atoms with E-state index >= 15 is 0 Å². The second-order valence-corrected chi connectivity index (χ2v) is 5.56. The molecule has 104 valence electrons. The number of nitrogen functional groups attached to an aromatic ring is 1. The summed E-state index contributed by atoms with van der Waals surface area (Å²) in [7, 11) is 1.56. The maximum Gasteiger partial charge on any atom is 0.245 e. The van der Waals surface area contributed by atoms with Crippen LogP contribution in [0.1, 0.15) is 17.8 Å². The van der Waals surface area contributed by atoms with Gasteiger partial charge in [0.1, 0.15) is 6.33 Å². The van der Waals surface area contributed by atoms with Crippen molar-refractivity contribution in [1.82, 2.24) is 19.5 Å². The lowest BCUT2D eigenvalue weighted by atomic mass is 10.2. The molecular weight excluding hydrogens is 274 g/mol. The Kier molecular flexibility index (Phi) is 3.27. The van der Waals surface area contributed by atoms with Crippen LogP contribution < -0.4 is 10.5 Å². The van der Waals surface area contributed by atoms with Gasteiger partial charge >= 0.3 is 0 Å². The minimum Gasteiger partial charge on any atom is -0.479 e. The molecule has 6 nitrogen and oxygen atoms in total. The van der Waals surface area contributed by atoms with Crippen LogP contribution in [0.25, 0.3) is 11.2 Å². The lowest BCUT2D eigenvalue weighted by Crippen LogP contribution is -2.11. The van der Waals surface area contributed by atoms with Crippen molar-refractivity contribution in [2.24, 2.45) is 0 Å². The number of nitrogens with two attached hydrogens (primary N) is 1. The summed E-state index contributed by atoms with van der Waals surface area (Å²) >= 11 is 1.74. The van der Waals surface area contributed by atoms with E-state index < -0.39 is 0 Å². The average Bonchev–Trinajstić information content (AvgIpc) is 3.04. The quantitative estimate of drug-likeness (QED) is 0.797. The van der Waals surface area contributed by atoms with Gasteiger partial charge < -0.3 is 10.5 Å². The molecule has 0 amide bonds. The standard InChI is InChI=1S/C13H15N5OS/c1-8(6-9-4-3-5-20-9)18-11-10(17-13(18)14)12(19-2)16-7-15-11/h3-5,7-8H,6H2,1-2H3,(H2,14,17). The van der Waals surface area contributed by atoms with E-state index in [0.717, 1.165) is 6.42 Å². The summed E-state index contributed by atoms with van der Waals surface area (Å²) in [6, 6.07) is 4.33. The number of hydrogen-bond acceptors (Lipinski definition) is 6. The molecule has 0 aliphatic rings. The van der Waals surface area contributed by atoms with Crippen molar-refractivity contribution in [1.29, 1.82) is 0 Å². The topological polar surface area (TPSA) is 78.8 Å². The van der Waals surface area contributed by atoms with E-state index in [1.54, 1.807) is 18.4 Å². The summed E-state index contributed by atoms with van der Waals surface area (Å²) in [5.41, 5.74) is 7.35. The van der Waals surface area contributed by atoms with Crippen molar-refractivity contribution < 1.29 is 4.74 Å². The highest BCUT2D eigenvalue weighted by atomic mass is 32.1. The largest absolute Gasteiger partial charge is 0.479 e. The van der Waals surface area contributed by atoms with Gasteiger partial charge in [-0.3, -0.25) is 4.57 Å². The molecule has 0 saturated carbocycles. The molecule has 2 N–H and O–H groups in total. The summed E-state index contributed by atoms with van der Waals surface area (Å²) in [6.45, 7) is 2.10. The van der Waals surface area contributed by atoms with Crippen LogP contribution in [-0.2, 0) is 6.42 Å². The minimum atomic E-state index is 0.165. The Morgan fingerprint density at radius 2 is 2.30 bits per heavy atom. The van der Waals surface area contributed by atoms with Gasteiger partial charge in [0.05, 0.1) is 7.11 Å². The van der Waals surface area contributed by atoms with E-state index in [4.69, 9.17) is 10.5 Å². The van der Waals surface area contributed by atoms with E-state index in [0.29, 0.717) is 23.0 Å². The zero-order valence-electron chi connectivity index (χ0n) is 11.3. The molecular formula is C13H15N5OS. The van der Waals surface area contributed by atoms with Crippen LogP contribution in [-0.4, -0.2) is 26.6 Å².